The predicted molar refractivity (Wildman–Crippen MR) is 88.1 cm³/mol. The Bertz CT molecular complexity index is 632. The molecular weight excluding hydrogens is 282 g/mol. The molecule has 0 aromatic carbocycles. The number of thiophene rings is 1. The lowest BCUT2D eigenvalue weighted by Crippen LogP contribution is -2.24. The van der Waals surface area contributed by atoms with Crippen molar-refractivity contribution in [1.82, 2.24) is 9.97 Å². The summed E-state index contributed by atoms with van der Waals surface area (Å²) in [4.78, 5) is 12.0. The average molecular weight is 305 g/mol. The van der Waals surface area contributed by atoms with Crippen LogP contribution in [0.3, 0.4) is 0 Å². The van der Waals surface area contributed by atoms with Crippen LogP contribution in [0.4, 0.5) is 5.82 Å². The molecule has 1 atom stereocenters. The number of ether oxygens (including phenoxy) is 1. The lowest BCUT2D eigenvalue weighted by Gasteiger charge is -2.22. The van der Waals surface area contributed by atoms with E-state index in [9.17, 15) is 0 Å². The molecule has 0 saturated carbocycles. The van der Waals surface area contributed by atoms with Gasteiger partial charge in [-0.3, -0.25) is 0 Å². The van der Waals surface area contributed by atoms with Crippen molar-refractivity contribution < 1.29 is 4.74 Å². The van der Waals surface area contributed by atoms with E-state index in [4.69, 9.17) is 14.7 Å². The summed E-state index contributed by atoms with van der Waals surface area (Å²) in [6.45, 7) is 8.19. The van der Waals surface area contributed by atoms with Gasteiger partial charge in [-0.15, -0.1) is 11.3 Å². The Balaban J connectivity index is 2.09. The zero-order valence-corrected chi connectivity index (χ0v) is 13.8. The molecule has 114 valence electrons. The molecule has 2 aromatic rings. The van der Waals surface area contributed by atoms with E-state index in [0.29, 0.717) is 0 Å². The van der Waals surface area contributed by atoms with Gasteiger partial charge < -0.3 is 10.1 Å². The zero-order valence-electron chi connectivity index (χ0n) is 13.0. The Morgan fingerprint density at radius 3 is 2.90 bits per heavy atom. The largest absolute Gasteiger partial charge is 0.369 e. The van der Waals surface area contributed by atoms with Gasteiger partial charge in [0.25, 0.3) is 0 Å². The number of nitrogens with one attached hydrogen (secondary N) is 1. The standard InChI is InChI=1S/C16H23N3OS/c1-4-8-17-13-12-10-11(5-2)21-14(12)19-15(18-13)16(3)7-6-9-20-16/h10H,4-9H2,1-3H3,(H,17,18,19). The van der Waals surface area contributed by atoms with E-state index >= 15 is 0 Å². The zero-order chi connectivity index (χ0) is 14.9. The van der Waals surface area contributed by atoms with Crippen molar-refractivity contribution in [1.29, 1.82) is 0 Å². The average Bonchev–Trinajstić information content (AvgIpc) is 3.11. The van der Waals surface area contributed by atoms with Crippen LogP contribution in [-0.4, -0.2) is 23.1 Å². The third-order valence-electron chi connectivity index (χ3n) is 4.03. The maximum atomic E-state index is 5.92. The van der Waals surface area contributed by atoms with Crippen LogP contribution in [0, 0.1) is 0 Å². The highest BCUT2D eigenvalue weighted by atomic mass is 32.1. The van der Waals surface area contributed by atoms with E-state index in [0.717, 1.165) is 60.7 Å². The van der Waals surface area contributed by atoms with Crippen LogP contribution in [-0.2, 0) is 16.8 Å². The van der Waals surface area contributed by atoms with Crippen molar-refractivity contribution in [3.8, 4) is 0 Å². The van der Waals surface area contributed by atoms with Gasteiger partial charge in [0.05, 0.1) is 5.39 Å². The topological polar surface area (TPSA) is 47.0 Å². The van der Waals surface area contributed by atoms with Gasteiger partial charge in [-0.1, -0.05) is 13.8 Å². The number of hydrogen-bond donors (Lipinski definition) is 1. The van der Waals surface area contributed by atoms with Crippen molar-refractivity contribution in [3.63, 3.8) is 0 Å². The minimum absolute atomic E-state index is 0.326. The van der Waals surface area contributed by atoms with Crippen LogP contribution in [0.15, 0.2) is 6.07 Å². The normalized spacial score (nSPS) is 22.0. The van der Waals surface area contributed by atoms with Crippen molar-refractivity contribution in [2.75, 3.05) is 18.5 Å². The molecule has 0 spiro atoms. The first-order valence-corrected chi connectivity index (χ1v) is 8.66. The van der Waals surface area contributed by atoms with Gasteiger partial charge in [-0.25, -0.2) is 9.97 Å². The fraction of sp³-hybridized carbons (Fsp3) is 0.625. The minimum atomic E-state index is -0.326. The highest BCUT2D eigenvalue weighted by Gasteiger charge is 2.35. The second kappa shape index (κ2) is 5.89. The highest BCUT2D eigenvalue weighted by molar-refractivity contribution is 7.18. The van der Waals surface area contributed by atoms with Crippen LogP contribution in [0.5, 0.6) is 0 Å². The molecule has 3 heterocycles. The summed E-state index contributed by atoms with van der Waals surface area (Å²) in [6.07, 6.45) is 4.20. The first-order chi connectivity index (χ1) is 10.2. The summed E-state index contributed by atoms with van der Waals surface area (Å²) in [5.74, 6) is 1.79. The first kappa shape index (κ1) is 14.7. The molecule has 1 saturated heterocycles. The molecule has 1 aliphatic rings. The second-order valence-electron chi connectivity index (χ2n) is 5.79. The summed E-state index contributed by atoms with van der Waals surface area (Å²) in [6, 6.07) is 2.22. The van der Waals surface area contributed by atoms with Gasteiger partial charge in [-0.2, -0.15) is 0 Å². The number of rotatable bonds is 5. The molecule has 0 radical (unpaired) electrons. The molecule has 1 N–H and O–H groups in total. The van der Waals surface area contributed by atoms with Crippen LogP contribution in [0.1, 0.15) is 50.7 Å². The van der Waals surface area contributed by atoms with E-state index in [-0.39, 0.29) is 5.60 Å². The Morgan fingerprint density at radius 2 is 2.24 bits per heavy atom. The number of aryl methyl sites for hydroxylation is 1. The summed E-state index contributed by atoms with van der Waals surface area (Å²) in [5.41, 5.74) is -0.326. The second-order valence-corrected chi connectivity index (χ2v) is 6.91. The van der Waals surface area contributed by atoms with Gasteiger partial charge in [0.1, 0.15) is 16.2 Å². The molecule has 1 aliphatic heterocycles. The molecule has 21 heavy (non-hydrogen) atoms. The third-order valence-corrected chi connectivity index (χ3v) is 5.20. The lowest BCUT2D eigenvalue weighted by atomic mass is 10.0. The van der Waals surface area contributed by atoms with Crippen LogP contribution >= 0.6 is 11.3 Å². The van der Waals surface area contributed by atoms with Gasteiger partial charge in [-0.05, 0) is 38.7 Å². The van der Waals surface area contributed by atoms with E-state index in [1.165, 1.54) is 4.88 Å². The Kier molecular flexibility index (Phi) is 4.13. The van der Waals surface area contributed by atoms with Crippen LogP contribution in [0.2, 0.25) is 0 Å². The van der Waals surface area contributed by atoms with Gasteiger partial charge in [0.15, 0.2) is 5.82 Å². The van der Waals surface area contributed by atoms with E-state index < -0.39 is 0 Å². The maximum absolute atomic E-state index is 5.92. The molecular formula is C16H23N3OS. The molecule has 5 heteroatoms. The van der Waals surface area contributed by atoms with Crippen LogP contribution in [0.25, 0.3) is 10.2 Å². The summed E-state index contributed by atoms with van der Waals surface area (Å²) >= 11 is 1.77. The van der Waals surface area contributed by atoms with Gasteiger partial charge >= 0.3 is 0 Å². The lowest BCUT2D eigenvalue weighted by molar-refractivity contribution is 0.00976. The summed E-state index contributed by atoms with van der Waals surface area (Å²) in [7, 11) is 0. The number of hydrogen-bond acceptors (Lipinski definition) is 5. The van der Waals surface area contributed by atoms with Crippen molar-refractivity contribution in [3.05, 3.63) is 16.8 Å². The first-order valence-electron chi connectivity index (χ1n) is 7.85. The highest BCUT2D eigenvalue weighted by Crippen LogP contribution is 2.37. The molecule has 1 fully saturated rings. The number of aromatic nitrogens is 2. The third kappa shape index (κ3) is 2.77. The minimum Gasteiger partial charge on any atom is -0.369 e. The smallest absolute Gasteiger partial charge is 0.163 e. The van der Waals surface area contributed by atoms with E-state index in [1.807, 2.05) is 0 Å². The number of anilines is 1. The fourth-order valence-corrected chi connectivity index (χ4v) is 3.68. The molecule has 0 amide bonds. The number of nitrogens with zero attached hydrogens (tertiary/aromatic N) is 2. The fourth-order valence-electron chi connectivity index (χ4n) is 2.72. The monoisotopic (exact) mass is 305 g/mol. The SMILES string of the molecule is CCCNc1nc(C2(C)CCCO2)nc2sc(CC)cc12. The molecule has 0 aliphatic carbocycles. The molecule has 0 bridgehead atoms. The maximum Gasteiger partial charge on any atom is 0.163 e. The predicted octanol–water partition coefficient (Wildman–Crippen LogP) is 4.10. The van der Waals surface area contributed by atoms with Crippen LogP contribution < -0.4 is 5.32 Å². The molecule has 1 unspecified atom stereocenters. The van der Waals surface area contributed by atoms with Crippen molar-refractivity contribution in [2.24, 2.45) is 0 Å². The Labute approximate surface area is 129 Å². The number of fused-ring (bicyclic) bond motifs is 1. The quantitative estimate of drug-likeness (QED) is 0.903. The Morgan fingerprint density at radius 1 is 1.38 bits per heavy atom. The molecule has 2 aromatic heterocycles. The van der Waals surface area contributed by atoms with Gasteiger partial charge in [0.2, 0.25) is 0 Å². The molecule has 3 rings (SSSR count). The van der Waals surface area contributed by atoms with Crippen molar-refractivity contribution >= 4 is 27.4 Å². The van der Waals surface area contributed by atoms with E-state index in [1.54, 1.807) is 11.3 Å². The summed E-state index contributed by atoms with van der Waals surface area (Å²) < 4.78 is 5.92. The molecule has 4 nitrogen and oxygen atoms in total. The van der Waals surface area contributed by atoms with Gasteiger partial charge in [0, 0.05) is 18.0 Å². The Hall–Kier alpha value is -1.20. The van der Waals surface area contributed by atoms with Crippen molar-refractivity contribution in [2.45, 2.75) is 52.1 Å². The summed E-state index contributed by atoms with van der Waals surface area (Å²) in [5, 5.41) is 4.60. The van der Waals surface area contributed by atoms with E-state index in [2.05, 4.69) is 32.2 Å².